The summed E-state index contributed by atoms with van der Waals surface area (Å²) in [5.74, 6) is -0.291. The Labute approximate surface area is 132 Å². The summed E-state index contributed by atoms with van der Waals surface area (Å²) in [6.07, 6.45) is 1.00. The van der Waals surface area contributed by atoms with Gasteiger partial charge in [-0.25, -0.2) is 4.39 Å². The number of nitrogens with zero attached hydrogens (tertiary/aromatic N) is 2. The fourth-order valence-corrected chi connectivity index (χ4v) is 3.01. The van der Waals surface area contributed by atoms with Crippen molar-refractivity contribution in [2.75, 3.05) is 31.1 Å². The van der Waals surface area contributed by atoms with Gasteiger partial charge in [0.25, 0.3) is 0 Å². The first-order chi connectivity index (χ1) is 9.76. The molecule has 21 heavy (non-hydrogen) atoms. The van der Waals surface area contributed by atoms with E-state index in [1.54, 1.807) is 6.07 Å². The number of hydrogen-bond donors (Lipinski definition) is 0. The maximum absolute atomic E-state index is 13.1. The molecule has 0 N–H and O–H groups in total. The van der Waals surface area contributed by atoms with Crippen LogP contribution in [-0.2, 0) is 0 Å². The Bertz CT molecular complexity index is 514. The van der Waals surface area contributed by atoms with Gasteiger partial charge in [-0.15, -0.1) is 0 Å². The van der Waals surface area contributed by atoms with Gasteiger partial charge in [-0.3, -0.25) is 0 Å². The second-order valence-electron chi connectivity index (χ2n) is 6.87. The molecule has 1 heterocycles. The summed E-state index contributed by atoms with van der Waals surface area (Å²) >= 11 is 6.14. The zero-order chi connectivity index (χ0) is 15.6. The molecule has 0 spiro atoms. The molecule has 4 heteroatoms. The van der Waals surface area contributed by atoms with Crippen LogP contribution in [0.25, 0.3) is 0 Å². The lowest BCUT2D eigenvalue weighted by Crippen LogP contribution is -2.46. The number of hydrogen-bond acceptors (Lipinski definition) is 2. The molecule has 0 radical (unpaired) electrons. The normalized spacial score (nSPS) is 16.2. The lowest BCUT2D eigenvalue weighted by atomic mass is 9.90. The summed E-state index contributed by atoms with van der Waals surface area (Å²) in [5, 5.41) is 0.483. The van der Waals surface area contributed by atoms with Crippen LogP contribution < -0.4 is 4.90 Å². The summed E-state index contributed by atoms with van der Waals surface area (Å²) in [6, 6.07) is 4.60. The van der Waals surface area contributed by atoms with Crippen molar-refractivity contribution in [3.05, 3.63) is 41.3 Å². The zero-order valence-corrected chi connectivity index (χ0v) is 13.9. The van der Waals surface area contributed by atoms with E-state index in [0.717, 1.165) is 38.3 Å². The van der Waals surface area contributed by atoms with Crippen LogP contribution in [0.3, 0.4) is 0 Å². The van der Waals surface area contributed by atoms with E-state index in [2.05, 4.69) is 37.1 Å². The van der Waals surface area contributed by atoms with Crippen molar-refractivity contribution < 1.29 is 4.39 Å². The Morgan fingerprint density at radius 1 is 1.24 bits per heavy atom. The number of rotatable bonds is 3. The average molecular weight is 311 g/mol. The van der Waals surface area contributed by atoms with Crippen molar-refractivity contribution >= 4 is 17.3 Å². The standard InChI is InChI=1S/C17H24ClFN2/c1-13(12-17(2,3)4)20-7-9-21(10-8-20)16-6-5-14(19)11-15(16)18/h5-6,11H,1,7-10,12H2,2-4H3. The summed E-state index contributed by atoms with van der Waals surface area (Å²) in [7, 11) is 0. The van der Waals surface area contributed by atoms with Gasteiger partial charge in [0.05, 0.1) is 10.7 Å². The molecule has 0 atom stereocenters. The molecule has 2 rings (SSSR count). The first-order valence-corrected chi connectivity index (χ1v) is 7.77. The number of anilines is 1. The van der Waals surface area contributed by atoms with E-state index in [-0.39, 0.29) is 11.2 Å². The molecule has 0 bridgehead atoms. The predicted molar refractivity (Wildman–Crippen MR) is 88.4 cm³/mol. The quantitative estimate of drug-likeness (QED) is 0.808. The van der Waals surface area contributed by atoms with E-state index in [0.29, 0.717) is 5.02 Å². The number of piperazine rings is 1. The predicted octanol–water partition coefficient (Wildman–Crippen LogP) is 4.55. The van der Waals surface area contributed by atoms with E-state index < -0.39 is 0 Å². The molecule has 0 saturated carbocycles. The smallest absolute Gasteiger partial charge is 0.124 e. The van der Waals surface area contributed by atoms with Crippen LogP contribution in [0.2, 0.25) is 5.02 Å². The third kappa shape index (κ3) is 4.37. The molecule has 0 amide bonds. The molecular weight excluding hydrogens is 287 g/mol. The fraction of sp³-hybridized carbons (Fsp3) is 0.529. The first-order valence-electron chi connectivity index (χ1n) is 7.39. The van der Waals surface area contributed by atoms with Gasteiger partial charge in [0.15, 0.2) is 0 Å². The molecule has 2 nitrogen and oxygen atoms in total. The average Bonchev–Trinajstić information content (AvgIpc) is 2.37. The fourth-order valence-electron chi connectivity index (χ4n) is 2.73. The SMILES string of the molecule is C=C(CC(C)(C)C)N1CCN(c2ccc(F)cc2Cl)CC1. The summed E-state index contributed by atoms with van der Waals surface area (Å²) in [5.41, 5.74) is 2.38. The van der Waals surface area contributed by atoms with Crippen molar-refractivity contribution in [1.82, 2.24) is 4.90 Å². The lowest BCUT2D eigenvalue weighted by Gasteiger charge is -2.39. The van der Waals surface area contributed by atoms with Gasteiger partial charge < -0.3 is 9.80 Å². The summed E-state index contributed by atoms with van der Waals surface area (Å²) < 4.78 is 13.1. The lowest BCUT2D eigenvalue weighted by molar-refractivity contribution is 0.277. The number of halogens is 2. The molecule has 1 aliphatic rings. The van der Waals surface area contributed by atoms with Crippen LogP contribution >= 0.6 is 11.6 Å². The highest BCUT2D eigenvalue weighted by atomic mass is 35.5. The van der Waals surface area contributed by atoms with Crippen molar-refractivity contribution in [3.8, 4) is 0 Å². The van der Waals surface area contributed by atoms with Crippen molar-refractivity contribution in [3.63, 3.8) is 0 Å². The van der Waals surface area contributed by atoms with Gasteiger partial charge in [-0.2, -0.15) is 0 Å². The van der Waals surface area contributed by atoms with Crippen molar-refractivity contribution in [1.29, 1.82) is 0 Å². The van der Waals surface area contributed by atoms with Gasteiger partial charge >= 0.3 is 0 Å². The van der Waals surface area contributed by atoms with Gasteiger partial charge in [0.2, 0.25) is 0 Å². The van der Waals surface area contributed by atoms with Crippen LogP contribution in [0.15, 0.2) is 30.5 Å². The topological polar surface area (TPSA) is 6.48 Å². The highest BCUT2D eigenvalue weighted by Gasteiger charge is 2.22. The van der Waals surface area contributed by atoms with Crippen LogP contribution in [0, 0.1) is 11.2 Å². The third-order valence-electron chi connectivity index (χ3n) is 3.71. The van der Waals surface area contributed by atoms with E-state index in [1.807, 2.05) is 0 Å². The minimum Gasteiger partial charge on any atom is -0.372 e. The first kappa shape index (κ1) is 16.2. The van der Waals surface area contributed by atoms with Crippen molar-refractivity contribution in [2.24, 2.45) is 5.41 Å². The van der Waals surface area contributed by atoms with Crippen molar-refractivity contribution in [2.45, 2.75) is 27.2 Å². The molecule has 1 aromatic rings. The molecule has 0 aromatic heterocycles. The van der Waals surface area contributed by atoms with Gasteiger partial charge in [-0.05, 0) is 30.0 Å². The maximum Gasteiger partial charge on any atom is 0.124 e. The Hall–Kier alpha value is -1.22. The van der Waals surface area contributed by atoms with Gasteiger partial charge in [0.1, 0.15) is 5.82 Å². The second-order valence-corrected chi connectivity index (χ2v) is 7.28. The Kier molecular flexibility index (Phi) is 4.82. The monoisotopic (exact) mass is 310 g/mol. The highest BCUT2D eigenvalue weighted by molar-refractivity contribution is 6.33. The zero-order valence-electron chi connectivity index (χ0n) is 13.1. The van der Waals surface area contributed by atoms with Crippen LogP contribution in [0.1, 0.15) is 27.2 Å². The van der Waals surface area contributed by atoms with E-state index >= 15 is 0 Å². The van der Waals surface area contributed by atoms with E-state index in [9.17, 15) is 4.39 Å². The second kappa shape index (κ2) is 6.27. The van der Waals surface area contributed by atoms with E-state index in [1.165, 1.54) is 17.8 Å². The number of benzene rings is 1. The minimum atomic E-state index is -0.291. The molecule has 116 valence electrons. The maximum atomic E-state index is 13.1. The van der Waals surface area contributed by atoms with Gasteiger partial charge in [-0.1, -0.05) is 39.0 Å². The largest absolute Gasteiger partial charge is 0.372 e. The Balaban J connectivity index is 1.95. The molecule has 0 aliphatic carbocycles. The highest BCUT2D eigenvalue weighted by Crippen LogP contribution is 2.29. The van der Waals surface area contributed by atoms with Crippen LogP contribution in [-0.4, -0.2) is 31.1 Å². The Morgan fingerprint density at radius 3 is 2.38 bits per heavy atom. The molecule has 1 aromatic carbocycles. The third-order valence-corrected chi connectivity index (χ3v) is 4.01. The number of allylic oxidation sites excluding steroid dienone is 1. The van der Waals surface area contributed by atoms with Crippen LogP contribution in [0.5, 0.6) is 0 Å². The molecule has 1 saturated heterocycles. The molecule has 1 aliphatic heterocycles. The Morgan fingerprint density at radius 2 is 1.86 bits per heavy atom. The molecule has 1 fully saturated rings. The molecular formula is C17H24ClFN2. The summed E-state index contributed by atoms with van der Waals surface area (Å²) in [6.45, 7) is 14.5. The summed E-state index contributed by atoms with van der Waals surface area (Å²) in [4.78, 5) is 4.56. The van der Waals surface area contributed by atoms with Crippen LogP contribution in [0.4, 0.5) is 10.1 Å². The van der Waals surface area contributed by atoms with Gasteiger partial charge in [0, 0.05) is 31.9 Å². The van der Waals surface area contributed by atoms with E-state index in [4.69, 9.17) is 11.6 Å². The molecule has 0 unspecified atom stereocenters. The minimum absolute atomic E-state index is 0.258.